The zero-order chi connectivity index (χ0) is 11.7. The summed E-state index contributed by atoms with van der Waals surface area (Å²) in [6.45, 7) is 2.07. The molecule has 0 aliphatic heterocycles. The first kappa shape index (κ1) is 11.3. The lowest BCUT2D eigenvalue weighted by Crippen LogP contribution is -2.18. The normalized spacial score (nSPS) is 25.0. The summed E-state index contributed by atoms with van der Waals surface area (Å²) in [5.74, 6) is 2.78. The number of rotatable bonds is 4. The van der Waals surface area contributed by atoms with Crippen LogP contribution in [0, 0.1) is 5.92 Å². The van der Waals surface area contributed by atoms with Gasteiger partial charge in [-0.1, -0.05) is 12.1 Å². The average molecular weight is 221 g/mol. The zero-order valence-electron chi connectivity index (χ0n) is 10.1. The topological polar surface area (TPSA) is 44.5 Å². The molecule has 1 fully saturated rings. The highest BCUT2D eigenvalue weighted by molar-refractivity contribution is 5.50. The fourth-order valence-electron chi connectivity index (χ4n) is 2.36. The van der Waals surface area contributed by atoms with Crippen LogP contribution in [-0.2, 0) is 0 Å². The Morgan fingerprint density at radius 2 is 2.06 bits per heavy atom. The number of para-hydroxylation sites is 1. The molecule has 0 spiro atoms. The van der Waals surface area contributed by atoms with Crippen molar-refractivity contribution in [2.24, 2.45) is 11.7 Å². The van der Waals surface area contributed by atoms with Gasteiger partial charge in [0.2, 0.25) is 0 Å². The molecule has 1 aliphatic carbocycles. The lowest BCUT2D eigenvalue weighted by Gasteiger charge is -2.13. The summed E-state index contributed by atoms with van der Waals surface area (Å²) in [5.41, 5.74) is 7.14. The molecule has 0 aromatic heterocycles. The van der Waals surface area contributed by atoms with Crippen LogP contribution in [0.2, 0.25) is 0 Å². The standard InChI is InChI=1S/C13H19NO2/c1-8(14)10-7-11(10)9-5-4-6-12(15-2)13(9)16-3/h4-6,8,10-11H,7,14H2,1-3H3/t8-,10+,11-/m1/s1. The number of hydrogen-bond donors (Lipinski definition) is 1. The predicted molar refractivity (Wildman–Crippen MR) is 64.0 cm³/mol. The van der Waals surface area contributed by atoms with Crippen LogP contribution in [0.3, 0.4) is 0 Å². The van der Waals surface area contributed by atoms with E-state index >= 15 is 0 Å². The molecule has 0 unspecified atom stereocenters. The third-order valence-electron chi connectivity index (χ3n) is 3.35. The quantitative estimate of drug-likeness (QED) is 0.847. The van der Waals surface area contributed by atoms with Crippen LogP contribution in [0.25, 0.3) is 0 Å². The highest BCUT2D eigenvalue weighted by atomic mass is 16.5. The van der Waals surface area contributed by atoms with Crippen molar-refractivity contribution in [1.82, 2.24) is 0 Å². The van der Waals surface area contributed by atoms with Crippen molar-refractivity contribution in [3.63, 3.8) is 0 Å². The van der Waals surface area contributed by atoms with Crippen molar-refractivity contribution in [3.8, 4) is 11.5 Å². The van der Waals surface area contributed by atoms with E-state index in [0.717, 1.165) is 17.9 Å². The Hall–Kier alpha value is -1.22. The van der Waals surface area contributed by atoms with E-state index in [1.807, 2.05) is 12.1 Å². The van der Waals surface area contributed by atoms with Crippen LogP contribution in [0.1, 0.15) is 24.8 Å². The molecule has 0 saturated heterocycles. The monoisotopic (exact) mass is 221 g/mol. The molecule has 0 heterocycles. The smallest absolute Gasteiger partial charge is 0.164 e. The van der Waals surface area contributed by atoms with Gasteiger partial charge in [-0.25, -0.2) is 0 Å². The van der Waals surface area contributed by atoms with Gasteiger partial charge in [-0.15, -0.1) is 0 Å². The Morgan fingerprint density at radius 3 is 2.56 bits per heavy atom. The minimum Gasteiger partial charge on any atom is -0.493 e. The van der Waals surface area contributed by atoms with Crippen LogP contribution >= 0.6 is 0 Å². The fraction of sp³-hybridized carbons (Fsp3) is 0.538. The lowest BCUT2D eigenvalue weighted by molar-refractivity contribution is 0.351. The van der Waals surface area contributed by atoms with Gasteiger partial charge in [0.15, 0.2) is 11.5 Å². The van der Waals surface area contributed by atoms with E-state index in [1.54, 1.807) is 14.2 Å². The van der Waals surface area contributed by atoms with Crippen LogP contribution in [0.15, 0.2) is 18.2 Å². The summed E-state index contributed by atoms with van der Waals surface area (Å²) in [4.78, 5) is 0. The molecular formula is C13H19NO2. The third kappa shape index (κ3) is 1.87. The summed E-state index contributed by atoms with van der Waals surface area (Å²) >= 11 is 0. The van der Waals surface area contributed by atoms with E-state index in [0.29, 0.717) is 11.8 Å². The van der Waals surface area contributed by atoms with Gasteiger partial charge in [-0.3, -0.25) is 0 Å². The molecule has 2 N–H and O–H groups in total. The second-order valence-electron chi connectivity index (χ2n) is 4.45. The largest absolute Gasteiger partial charge is 0.493 e. The minimum absolute atomic E-state index is 0.251. The van der Waals surface area contributed by atoms with Gasteiger partial charge < -0.3 is 15.2 Å². The maximum atomic E-state index is 5.92. The molecule has 3 nitrogen and oxygen atoms in total. The van der Waals surface area contributed by atoms with Crippen molar-refractivity contribution in [3.05, 3.63) is 23.8 Å². The van der Waals surface area contributed by atoms with E-state index < -0.39 is 0 Å². The molecule has 0 radical (unpaired) electrons. The molecule has 0 amide bonds. The second-order valence-corrected chi connectivity index (χ2v) is 4.45. The van der Waals surface area contributed by atoms with Gasteiger partial charge in [0.1, 0.15) is 0 Å². The minimum atomic E-state index is 0.251. The summed E-state index contributed by atoms with van der Waals surface area (Å²) in [7, 11) is 3.35. The summed E-state index contributed by atoms with van der Waals surface area (Å²) < 4.78 is 10.7. The molecule has 16 heavy (non-hydrogen) atoms. The van der Waals surface area contributed by atoms with Crippen molar-refractivity contribution >= 4 is 0 Å². The van der Waals surface area contributed by atoms with E-state index in [2.05, 4.69) is 13.0 Å². The molecule has 88 valence electrons. The zero-order valence-corrected chi connectivity index (χ0v) is 10.1. The Bertz CT molecular complexity index is 376. The fourth-order valence-corrected chi connectivity index (χ4v) is 2.36. The van der Waals surface area contributed by atoms with E-state index in [-0.39, 0.29) is 6.04 Å². The molecule has 1 saturated carbocycles. The number of methoxy groups -OCH3 is 2. The van der Waals surface area contributed by atoms with Gasteiger partial charge in [0, 0.05) is 11.6 Å². The highest BCUT2D eigenvalue weighted by Gasteiger charge is 2.42. The first-order chi connectivity index (χ1) is 7.69. The van der Waals surface area contributed by atoms with Gasteiger partial charge >= 0.3 is 0 Å². The van der Waals surface area contributed by atoms with E-state index in [4.69, 9.17) is 15.2 Å². The molecule has 1 aliphatic rings. The predicted octanol–water partition coefficient (Wildman–Crippen LogP) is 2.15. The number of hydrogen-bond acceptors (Lipinski definition) is 3. The van der Waals surface area contributed by atoms with Crippen molar-refractivity contribution in [1.29, 1.82) is 0 Å². The molecule has 2 rings (SSSR count). The van der Waals surface area contributed by atoms with E-state index in [9.17, 15) is 0 Å². The molecule has 3 atom stereocenters. The molecule has 1 aromatic rings. The maximum absolute atomic E-state index is 5.92. The molecule has 1 aromatic carbocycles. The first-order valence-corrected chi connectivity index (χ1v) is 5.65. The average Bonchev–Trinajstić information content (AvgIpc) is 3.07. The second kappa shape index (κ2) is 4.34. The van der Waals surface area contributed by atoms with Gasteiger partial charge in [-0.2, -0.15) is 0 Å². The first-order valence-electron chi connectivity index (χ1n) is 5.65. The van der Waals surface area contributed by atoms with Crippen molar-refractivity contribution in [2.75, 3.05) is 14.2 Å². The van der Waals surface area contributed by atoms with Gasteiger partial charge in [-0.05, 0) is 31.2 Å². The Kier molecular flexibility index (Phi) is 3.06. The van der Waals surface area contributed by atoms with E-state index in [1.165, 1.54) is 5.56 Å². The van der Waals surface area contributed by atoms with Crippen LogP contribution in [-0.4, -0.2) is 20.3 Å². The third-order valence-corrected chi connectivity index (χ3v) is 3.35. The summed E-state index contributed by atoms with van der Waals surface area (Å²) in [6.07, 6.45) is 1.15. The van der Waals surface area contributed by atoms with Crippen molar-refractivity contribution < 1.29 is 9.47 Å². The molecule has 3 heteroatoms. The Morgan fingerprint density at radius 1 is 1.31 bits per heavy atom. The van der Waals surface area contributed by atoms with Crippen molar-refractivity contribution in [2.45, 2.75) is 25.3 Å². The van der Waals surface area contributed by atoms with Crippen LogP contribution in [0.4, 0.5) is 0 Å². The van der Waals surface area contributed by atoms with Gasteiger partial charge in [0.25, 0.3) is 0 Å². The maximum Gasteiger partial charge on any atom is 0.164 e. The van der Waals surface area contributed by atoms with Crippen LogP contribution in [0.5, 0.6) is 11.5 Å². The van der Waals surface area contributed by atoms with Gasteiger partial charge in [0.05, 0.1) is 14.2 Å². The highest BCUT2D eigenvalue weighted by Crippen LogP contribution is 2.53. The molecular weight excluding hydrogens is 202 g/mol. The number of benzene rings is 1. The number of ether oxygens (including phenoxy) is 2. The molecule has 0 bridgehead atoms. The summed E-state index contributed by atoms with van der Waals surface area (Å²) in [5, 5.41) is 0. The Labute approximate surface area is 96.5 Å². The SMILES string of the molecule is COc1cccc([C@H]2C[C@H]2[C@@H](C)N)c1OC. The van der Waals surface area contributed by atoms with Crippen LogP contribution < -0.4 is 15.2 Å². The lowest BCUT2D eigenvalue weighted by atomic mass is 10.0. The Balaban J connectivity index is 2.28. The number of nitrogens with two attached hydrogens (primary N) is 1. The summed E-state index contributed by atoms with van der Waals surface area (Å²) in [6, 6.07) is 6.29.